The van der Waals surface area contributed by atoms with Gasteiger partial charge in [-0.25, -0.2) is 9.78 Å². The highest BCUT2D eigenvalue weighted by Crippen LogP contribution is 2.27. The lowest BCUT2D eigenvalue weighted by molar-refractivity contribution is -0.139. The molecule has 32 heavy (non-hydrogen) atoms. The number of aryl methyl sites for hydroxylation is 1. The van der Waals surface area contributed by atoms with Crippen molar-refractivity contribution < 1.29 is 18.8 Å². The molecule has 7 nitrogen and oxygen atoms in total. The topological polar surface area (TPSA) is 85.5 Å². The fourth-order valence-electron chi connectivity index (χ4n) is 3.53. The van der Waals surface area contributed by atoms with Gasteiger partial charge >= 0.3 is 5.97 Å². The molecule has 2 heterocycles. The molecule has 7 heteroatoms. The van der Waals surface area contributed by atoms with Crippen LogP contribution >= 0.6 is 0 Å². The lowest BCUT2D eigenvalue weighted by atomic mass is 10.1. The number of benzene rings is 2. The number of nitrogens with zero attached hydrogens (tertiary/aromatic N) is 3. The van der Waals surface area contributed by atoms with Crippen LogP contribution in [0.1, 0.15) is 28.5 Å². The first kappa shape index (κ1) is 21.2. The molecule has 2 aromatic carbocycles. The minimum atomic E-state index is -0.959. The smallest absolute Gasteiger partial charge is 0.339 e. The van der Waals surface area contributed by atoms with Crippen LogP contribution in [0.2, 0.25) is 0 Å². The van der Waals surface area contributed by atoms with Gasteiger partial charge in [0.15, 0.2) is 6.10 Å². The minimum Gasteiger partial charge on any atom is -0.449 e. The molecule has 0 aliphatic carbocycles. The molecule has 0 saturated carbocycles. The summed E-state index contributed by atoms with van der Waals surface area (Å²) in [5.74, 6) is -0.923. The molecule has 0 N–H and O–H groups in total. The third-order valence-corrected chi connectivity index (χ3v) is 5.18. The predicted octanol–water partition coefficient (Wildman–Crippen LogP) is 4.40. The van der Waals surface area contributed by atoms with Crippen molar-refractivity contribution in [3.05, 3.63) is 83.6 Å². The Hall–Kier alpha value is -4.00. The number of amides is 1. The van der Waals surface area contributed by atoms with Crippen molar-refractivity contribution in [3.8, 4) is 11.3 Å². The molecule has 0 spiro atoms. The monoisotopic (exact) mass is 429 g/mol. The zero-order valence-corrected chi connectivity index (χ0v) is 18.1. The number of likely N-dealkylation sites (N-methyl/N-ethyl adjacent to an activating group) is 1. The maximum absolute atomic E-state index is 13.1. The first-order valence-corrected chi connectivity index (χ1v) is 10.3. The first-order valence-electron chi connectivity index (χ1n) is 10.3. The highest BCUT2D eigenvalue weighted by atomic mass is 16.5. The van der Waals surface area contributed by atoms with Gasteiger partial charge in [0.1, 0.15) is 0 Å². The van der Waals surface area contributed by atoms with Gasteiger partial charge in [-0.15, -0.1) is 0 Å². The van der Waals surface area contributed by atoms with Crippen molar-refractivity contribution in [2.45, 2.75) is 26.5 Å². The van der Waals surface area contributed by atoms with Crippen LogP contribution in [0.15, 0.2) is 71.3 Å². The average Bonchev–Trinajstić information content (AvgIpc) is 3.19. The van der Waals surface area contributed by atoms with E-state index in [9.17, 15) is 9.59 Å². The van der Waals surface area contributed by atoms with E-state index in [-0.39, 0.29) is 17.2 Å². The van der Waals surface area contributed by atoms with Gasteiger partial charge in [-0.1, -0.05) is 65.8 Å². The van der Waals surface area contributed by atoms with Gasteiger partial charge in [-0.3, -0.25) is 4.79 Å². The van der Waals surface area contributed by atoms with Crippen molar-refractivity contribution in [1.82, 2.24) is 15.0 Å². The number of carbonyl (C=O) groups excluding carboxylic acids is 2. The summed E-state index contributed by atoms with van der Waals surface area (Å²) in [4.78, 5) is 31.9. The molecule has 2 aromatic heterocycles. The quantitative estimate of drug-likeness (QED) is 0.422. The SMILES string of the molecule is Cc1noc2nc(-c3ccccc3)cc(C(=O)OC(C)C(=O)N(C)Cc3ccccc3)c12. The number of rotatable bonds is 6. The van der Waals surface area contributed by atoms with Crippen LogP contribution in [-0.2, 0) is 16.1 Å². The standard InChI is InChI=1S/C25H23N3O4/c1-16-22-20(14-21(26-23(22)32-27-16)19-12-8-5-9-13-19)25(30)31-17(2)24(29)28(3)15-18-10-6-4-7-11-18/h4-14,17H,15H2,1-3H3. The number of carbonyl (C=O) groups is 2. The second-order valence-corrected chi connectivity index (χ2v) is 7.60. The van der Waals surface area contributed by atoms with Crippen LogP contribution in [0, 0.1) is 6.92 Å². The first-order chi connectivity index (χ1) is 15.4. The molecule has 0 radical (unpaired) electrons. The lowest BCUT2D eigenvalue weighted by Gasteiger charge is -2.21. The van der Waals surface area contributed by atoms with Crippen LogP contribution in [0.25, 0.3) is 22.4 Å². The van der Waals surface area contributed by atoms with E-state index in [4.69, 9.17) is 9.26 Å². The molecule has 0 aliphatic rings. The predicted molar refractivity (Wildman–Crippen MR) is 120 cm³/mol. The number of hydrogen-bond donors (Lipinski definition) is 0. The van der Waals surface area contributed by atoms with Crippen molar-refractivity contribution in [3.63, 3.8) is 0 Å². The molecular formula is C25H23N3O4. The third kappa shape index (κ3) is 4.37. The summed E-state index contributed by atoms with van der Waals surface area (Å²) in [5, 5.41) is 4.42. The molecule has 1 atom stereocenters. The zero-order valence-electron chi connectivity index (χ0n) is 18.1. The number of esters is 1. The van der Waals surface area contributed by atoms with E-state index >= 15 is 0 Å². The Balaban J connectivity index is 1.57. The highest BCUT2D eigenvalue weighted by molar-refractivity contribution is 6.05. The van der Waals surface area contributed by atoms with Gasteiger partial charge < -0.3 is 14.2 Å². The Labute approximate surface area is 185 Å². The normalized spacial score (nSPS) is 11.8. The fourth-order valence-corrected chi connectivity index (χ4v) is 3.53. The van der Waals surface area contributed by atoms with E-state index in [1.807, 2.05) is 60.7 Å². The molecule has 0 aliphatic heterocycles. The summed E-state index contributed by atoms with van der Waals surface area (Å²) in [6.45, 7) is 3.72. The van der Waals surface area contributed by atoms with Gasteiger partial charge in [-0.2, -0.15) is 0 Å². The van der Waals surface area contributed by atoms with Crippen LogP contribution in [0.5, 0.6) is 0 Å². The van der Waals surface area contributed by atoms with Crippen LogP contribution in [-0.4, -0.2) is 40.1 Å². The molecule has 4 aromatic rings. The Kier molecular flexibility index (Phi) is 5.98. The molecule has 162 valence electrons. The van der Waals surface area contributed by atoms with Crippen molar-refractivity contribution in [2.75, 3.05) is 7.05 Å². The Morgan fingerprint density at radius 2 is 1.72 bits per heavy atom. The van der Waals surface area contributed by atoms with Crippen molar-refractivity contribution in [1.29, 1.82) is 0 Å². The summed E-state index contributed by atoms with van der Waals surface area (Å²) in [6, 6.07) is 20.7. The number of hydrogen-bond acceptors (Lipinski definition) is 6. The summed E-state index contributed by atoms with van der Waals surface area (Å²) < 4.78 is 10.9. The van der Waals surface area contributed by atoms with Crippen molar-refractivity contribution >= 4 is 23.0 Å². The molecule has 0 saturated heterocycles. The second kappa shape index (κ2) is 9.01. The maximum Gasteiger partial charge on any atom is 0.339 e. The zero-order chi connectivity index (χ0) is 22.7. The molecule has 1 amide bonds. The molecule has 0 fully saturated rings. The largest absolute Gasteiger partial charge is 0.449 e. The van der Waals surface area contributed by atoms with Gasteiger partial charge in [-0.05, 0) is 25.5 Å². The summed E-state index contributed by atoms with van der Waals surface area (Å²) in [7, 11) is 1.68. The van der Waals surface area contributed by atoms with Gasteiger partial charge in [0.25, 0.3) is 11.6 Å². The van der Waals surface area contributed by atoms with E-state index in [1.165, 1.54) is 4.90 Å². The molecular weight excluding hydrogens is 406 g/mol. The minimum absolute atomic E-state index is 0.246. The highest BCUT2D eigenvalue weighted by Gasteiger charge is 2.26. The van der Waals surface area contributed by atoms with Crippen molar-refractivity contribution in [2.24, 2.45) is 0 Å². The fraction of sp³-hybridized carbons (Fsp3) is 0.200. The third-order valence-electron chi connectivity index (χ3n) is 5.18. The van der Waals surface area contributed by atoms with Crippen LogP contribution in [0.3, 0.4) is 0 Å². The number of aromatic nitrogens is 2. The summed E-state index contributed by atoms with van der Waals surface area (Å²) in [6.07, 6.45) is -0.959. The Morgan fingerprint density at radius 3 is 2.41 bits per heavy atom. The molecule has 0 bridgehead atoms. The van der Waals surface area contributed by atoms with Crippen LogP contribution in [0.4, 0.5) is 0 Å². The molecule has 4 rings (SSSR count). The van der Waals surface area contributed by atoms with Gasteiger partial charge in [0.05, 0.1) is 22.3 Å². The Morgan fingerprint density at radius 1 is 1.06 bits per heavy atom. The van der Waals surface area contributed by atoms with Gasteiger partial charge in [0.2, 0.25) is 0 Å². The number of ether oxygens (including phenoxy) is 1. The maximum atomic E-state index is 13.1. The van der Waals surface area contributed by atoms with E-state index in [0.717, 1.165) is 11.1 Å². The van der Waals surface area contributed by atoms with E-state index in [2.05, 4.69) is 10.1 Å². The lowest BCUT2D eigenvalue weighted by Crippen LogP contribution is -2.37. The number of fused-ring (bicyclic) bond motifs is 1. The van der Waals surface area contributed by atoms with Crippen LogP contribution < -0.4 is 0 Å². The van der Waals surface area contributed by atoms with E-state index < -0.39 is 12.1 Å². The Bertz CT molecular complexity index is 1250. The second-order valence-electron chi connectivity index (χ2n) is 7.60. The molecule has 1 unspecified atom stereocenters. The van der Waals surface area contributed by atoms with E-state index in [0.29, 0.717) is 23.3 Å². The van der Waals surface area contributed by atoms with E-state index in [1.54, 1.807) is 27.0 Å². The average molecular weight is 429 g/mol. The number of pyridine rings is 1. The summed E-state index contributed by atoms with van der Waals surface area (Å²) in [5.41, 5.74) is 3.41. The summed E-state index contributed by atoms with van der Waals surface area (Å²) >= 11 is 0. The van der Waals surface area contributed by atoms with Gasteiger partial charge in [0, 0.05) is 19.2 Å².